The third-order valence-electron chi connectivity index (χ3n) is 17.0. The minimum absolute atomic E-state index is 0.00860. The van der Waals surface area contributed by atoms with Gasteiger partial charge in [-0.25, -0.2) is 29.3 Å². The van der Waals surface area contributed by atoms with E-state index >= 15 is 0 Å². The second-order valence-electron chi connectivity index (χ2n) is 25.6. The summed E-state index contributed by atoms with van der Waals surface area (Å²) >= 11 is 8.41. The number of aliphatic carboxylic acids is 1. The first-order valence-corrected chi connectivity index (χ1v) is 36.6. The number of H-pyrrole nitrogens is 3. The van der Waals surface area contributed by atoms with Crippen LogP contribution in [0.3, 0.4) is 0 Å². The number of guanidine groups is 1. The van der Waals surface area contributed by atoms with E-state index in [0.717, 1.165) is 0 Å². The van der Waals surface area contributed by atoms with Crippen LogP contribution in [0.4, 0.5) is 9.59 Å². The van der Waals surface area contributed by atoms with Gasteiger partial charge >= 0.3 is 18.0 Å². The number of carbonyl (C=O) groups is 16. The van der Waals surface area contributed by atoms with Gasteiger partial charge in [0.1, 0.15) is 66.2 Å². The van der Waals surface area contributed by atoms with Crippen LogP contribution in [0.2, 0.25) is 0 Å². The average molecular weight is 1620 g/mol. The van der Waals surface area contributed by atoms with Crippen molar-refractivity contribution in [2.24, 2.45) is 22.9 Å². The standard InChI is InChI=1S/C65H97N27O19S2/c66-38(18-34-21-71-30-80-34)52(98)77-24-50(96)84-43(20-36-23-73-32-82-36)61(107)92-16-4-8-48(92)60(106)91-47(29-113)59(105)89-45(27-93)58(104)88-40(7-3-15-76-65(70)111)55(101)86-39(5-2-14-75-64(69)110)53(99)78-25-49(95)83-42(19-35-22-72-31-81-35)57(103)87-41(6-1-13-74-63(67)68)56(102)90-46(28-112)54(100)79-26-51(97)85-44(62(108)109)17-33-9-11-37(94)12-10-33/h9-12,21-23,30-32,38-48,93-94,112-113H,1-8,13-20,24-29,66H2,(H,71,80)(H,72,81)(H,73,82)(H,77,98)(H,78,99)(H,79,100)(H,83,95)(H,84,96)(H,85,97)(H,86,101)(H,87,103)(H,88,104)(H,89,105)(H,90,102)(H,91,106)(H,108,109)(H4,67,68,74)(H3,69,75,110)(H3,70,76,111)/t38-,39-,40-,41-,42-,43-,44-,45-,46-,47-,48-/m0/s1. The van der Waals surface area contributed by atoms with Crippen molar-refractivity contribution in [3.63, 3.8) is 0 Å². The molecule has 4 heterocycles. The first kappa shape index (κ1) is 91.3. The lowest BCUT2D eigenvalue weighted by molar-refractivity contribution is -0.142. The van der Waals surface area contributed by atoms with E-state index in [1.54, 1.807) is 0 Å². The number of aromatic amines is 3. The van der Waals surface area contributed by atoms with E-state index < -0.39 is 199 Å². The monoisotopic (exact) mass is 1620 g/mol. The molecule has 3 aromatic heterocycles. The summed E-state index contributed by atoms with van der Waals surface area (Å²) in [6.07, 6.45) is 7.15. The lowest BCUT2D eigenvalue weighted by Gasteiger charge is -2.30. The number of hydrogen-bond donors (Lipinski definition) is 28. The number of amides is 17. The highest BCUT2D eigenvalue weighted by Gasteiger charge is 2.40. The molecule has 0 saturated carbocycles. The molecule has 17 amide bonds. The molecule has 46 nitrogen and oxygen atoms in total. The van der Waals surface area contributed by atoms with Crippen molar-refractivity contribution in [1.82, 2.24) is 115 Å². The number of thiol groups is 2. The number of hydrogen-bond acceptors (Lipinski definition) is 25. The van der Waals surface area contributed by atoms with Crippen LogP contribution in [0, 0.1) is 5.41 Å². The molecule has 0 spiro atoms. The van der Waals surface area contributed by atoms with Gasteiger partial charge in [0.2, 0.25) is 76.8 Å². The predicted molar refractivity (Wildman–Crippen MR) is 403 cm³/mol. The maximum atomic E-state index is 14.4. The van der Waals surface area contributed by atoms with E-state index in [1.165, 1.54) is 66.7 Å². The van der Waals surface area contributed by atoms with Gasteiger partial charge in [0.25, 0.3) is 0 Å². The Morgan fingerprint density at radius 3 is 1.35 bits per heavy atom. The number of aliphatic hydroxyl groups excluding tert-OH is 1. The third-order valence-corrected chi connectivity index (χ3v) is 17.7. The number of benzene rings is 1. The molecule has 1 aliphatic rings. The summed E-state index contributed by atoms with van der Waals surface area (Å²) in [4.78, 5) is 236. The van der Waals surface area contributed by atoms with Gasteiger partial charge in [-0.1, -0.05) is 12.1 Å². The Hall–Kier alpha value is -12.3. The second-order valence-corrected chi connectivity index (χ2v) is 26.4. The Morgan fingerprint density at radius 1 is 0.487 bits per heavy atom. The van der Waals surface area contributed by atoms with Crippen LogP contribution in [0.25, 0.3) is 0 Å². The highest BCUT2D eigenvalue weighted by Crippen LogP contribution is 2.21. The second kappa shape index (κ2) is 47.7. The number of carbonyl (C=O) groups excluding carboxylic acids is 15. The number of urea groups is 2. The summed E-state index contributed by atoms with van der Waals surface area (Å²) in [5.74, 6) is -15.0. The van der Waals surface area contributed by atoms with E-state index in [4.69, 9.17) is 28.3 Å². The van der Waals surface area contributed by atoms with Crippen molar-refractivity contribution in [1.29, 1.82) is 5.41 Å². The Labute approximate surface area is 655 Å². The zero-order valence-electron chi connectivity index (χ0n) is 61.0. The topological polar surface area (TPSA) is 731 Å². The fraction of sp³-hybridized carbons (Fsp3) is 0.508. The number of phenolic OH excluding ortho intramolecular Hbond substituents is 1. The minimum atomic E-state index is -1.87. The van der Waals surface area contributed by atoms with Gasteiger partial charge in [0.05, 0.1) is 51.3 Å². The van der Waals surface area contributed by atoms with E-state index in [2.05, 4.69) is 135 Å². The number of carboxylic acids is 1. The highest BCUT2D eigenvalue weighted by atomic mass is 32.1. The van der Waals surface area contributed by atoms with Crippen LogP contribution in [-0.2, 0) is 92.8 Å². The van der Waals surface area contributed by atoms with Gasteiger partial charge in [0.15, 0.2) is 5.96 Å². The smallest absolute Gasteiger partial charge is 0.326 e. The fourth-order valence-corrected chi connectivity index (χ4v) is 11.7. The van der Waals surface area contributed by atoms with Gasteiger partial charge in [-0.05, 0) is 69.1 Å². The quantitative estimate of drug-likeness (QED) is 0.00845. The van der Waals surface area contributed by atoms with Gasteiger partial charge in [-0.15, -0.1) is 0 Å². The normalized spacial score (nSPS) is 14.9. The Bertz CT molecular complexity index is 3880. The molecule has 4 aromatic rings. The number of rotatable bonds is 49. The van der Waals surface area contributed by atoms with E-state index in [1.807, 2.05) is 0 Å². The Kier molecular flexibility index (Phi) is 38.5. The number of likely N-dealkylation sites (tertiary alicyclic amines) is 1. The van der Waals surface area contributed by atoms with Gasteiger partial charge in [-0.2, -0.15) is 25.3 Å². The maximum Gasteiger partial charge on any atom is 0.326 e. The third kappa shape index (κ3) is 32.6. The van der Waals surface area contributed by atoms with Crippen molar-refractivity contribution in [2.75, 3.05) is 63.9 Å². The summed E-state index contributed by atoms with van der Waals surface area (Å²) in [5, 5.41) is 73.7. The van der Waals surface area contributed by atoms with Crippen molar-refractivity contribution in [3.8, 4) is 5.75 Å². The molecule has 1 fully saturated rings. The number of phenols is 1. The zero-order chi connectivity index (χ0) is 83.1. The number of nitrogens with zero attached hydrogens (tertiary/aromatic N) is 4. The van der Waals surface area contributed by atoms with Crippen LogP contribution < -0.4 is 103 Å². The predicted octanol–water partition coefficient (Wildman–Crippen LogP) is -10.0. The first-order valence-electron chi connectivity index (χ1n) is 35.4. The molecule has 1 saturated heterocycles. The number of nitrogens with two attached hydrogens (primary N) is 4. The van der Waals surface area contributed by atoms with E-state index in [-0.39, 0.29) is 114 Å². The van der Waals surface area contributed by atoms with Crippen molar-refractivity contribution >= 4 is 126 Å². The van der Waals surface area contributed by atoms with Gasteiger partial charge in [-0.3, -0.25) is 67.7 Å². The number of imidazole rings is 3. The van der Waals surface area contributed by atoms with Crippen molar-refractivity contribution in [3.05, 3.63) is 84.5 Å². The molecule has 0 unspecified atom stereocenters. The molecule has 0 aliphatic carbocycles. The van der Waals surface area contributed by atoms with Crippen LogP contribution in [0.5, 0.6) is 5.75 Å². The van der Waals surface area contributed by atoms with Crippen molar-refractivity contribution in [2.45, 2.75) is 144 Å². The molecule has 11 atom stereocenters. The molecule has 1 aromatic carbocycles. The minimum Gasteiger partial charge on any atom is -0.508 e. The molecule has 618 valence electrons. The van der Waals surface area contributed by atoms with Gasteiger partial charge in [0, 0.05) is 99.0 Å². The number of aliphatic hydroxyl groups is 1. The highest BCUT2D eigenvalue weighted by molar-refractivity contribution is 7.80. The van der Waals surface area contributed by atoms with E-state index in [9.17, 15) is 92.0 Å². The number of carboxylic acid groups (broad SMARTS) is 1. The fourth-order valence-electron chi connectivity index (χ4n) is 11.1. The van der Waals surface area contributed by atoms with Crippen LogP contribution in [-0.4, -0.2) is 281 Å². The number of nitrogens with one attached hydrogen (secondary N) is 19. The molecule has 48 heteroatoms. The molecule has 113 heavy (non-hydrogen) atoms. The summed E-state index contributed by atoms with van der Waals surface area (Å²) in [7, 11) is 0. The maximum absolute atomic E-state index is 14.4. The van der Waals surface area contributed by atoms with Crippen molar-refractivity contribution < 1.29 is 92.0 Å². The molecular formula is C65H97N27O19S2. The molecule has 5 rings (SSSR count). The lowest BCUT2D eigenvalue weighted by Crippen LogP contribution is -2.61. The summed E-state index contributed by atoms with van der Waals surface area (Å²) < 4.78 is 0. The molecule has 30 N–H and O–H groups in total. The molecule has 1 aliphatic heterocycles. The number of aromatic nitrogens is 6. The largest absolute Gasteiger partial charge is 0.508 e. The lowest BCUT2D eigenvalue weighted by atomic mass is 10.1. The Balaban J connectivity index is 1.25. The van der Waals surface area contributed by atoms with Crippen LogP contribution in [0.15, 0.2) is 61.8 Å². The molecule has 0 bridgehead atoms. The van der Waals surface area contributed by atoms with Crippen LogP contribution in [0.1, 0.15) is 74.0 Å². The first-order chi connectivity index (χ1) is 53.9. The zero-order valence-corrected chi connectivity index (χ0v) is 62.8. The molecule has 0 radical (unpaired) electrons. The number of primary amides is 2. The number of aromatic hydroxyl groups is 1. The Morgan fingerprint density at radius 2 is 0.885 bits per heavy atom. The van der Waals surface area contributed by atoms with Crippen LogP contribution >= 0.6 is 25.3 Å². The molecular weight excluding hydrogens is 1530 g/mol. The summed E-state index contributed by atoms with van der Waals surface area (Å²) in [6.45, 7) is -3.64. The average Bonchev–Trinajstić information content (AvgIpc) is 1.70. The summed E-state index contributed by atoms with van der Waals surface area (Å²) in [6, 6.07) is -12.6. The summed E-state index contributed by atoms with van der Waals surface area (Å²) in [5.41, 5.74) is 23.7. The SMILES string of the molecule is N=C(N)NCCC[C@H](NC(=O)[C@H](Cc1cnc[nH]1)NC(=O)CNC(=O)[C@H](CCCNC(N)=O)NC(=O)[C@H](CCCNC(N)=O)NC(=O)[C@H](CO)NC(=O)[C@H](CS)NC(=O)[C@@H]1CCCN1C(=O)[C@H](Cc1cnc[nH]1)NC(=O)CNC(=O)[C@@H](N)Cc1cnc[nH]1)C(=O)N[C@@H](CS)C(=O)NCC(=O)N[C@@H](Cc1ccc(O)cc1)C(=O)O. The van der Waals surface area contributed by atoms with E-state index in [0.29, 0.717) is 23.4 Å². The van der Waals surface area contributed by atoms with Gasteiger partial charge < -0.3 is 138 Å².